The van der Waals surface area contributed by atoms with Gasteiger partial charge in [-0.2, -0.15) is 0 Å². The molecule has 0 spiro atoms. The number of H-pyrrole nitrogens is 4. The van der Waals surface area contributed by atoms with Crippen LogP contribution in [0.3, 0.4) is 0 Å². The van der Waals surface area contributed by atoms with Crippen LogP contribution in [0.2, 0.25) is 5.02 Å². The number of benzene rings is 1. The maximum absolute atomic E-state index is 12.5. The van der Waals surface area contributed by atoms with Gasteiger partial charge in [-0.05, 0) is 29.9 Å². The molecule has 10 heteroatoms. The highest BCUT2D eigenvalue weighted by Crippen LogP contribution is 2.39. The predicted octanol–water partition coefficient (Wildman–Crippen LogP) is 1.70. The van der Waals surface area contributed by atoms with Crippen molar-refractivity contribution in [3.63, 3.8) is 0 Å². The summed E-state index contributed by atoms with van der Waals surface area (Å²) in [4.78, 5) is 46.7. The Labute approximate surface area is 148 Å². The van der Waals surface area contributed by atoms with Crippen molar-refractivity contribution >= 4 is 35.5 Å². The van der Waals surface area contributed by atoms with Crippen molar-refractivity contribution < 1.29 is 0 Å². The molecule has 3 aromatic rings. The van der Waals surface area contributed by atoms with Crippen molar-refractivity contribution in [2.45, 2.75) is 5.92 Å². The maximum Gasteiger partial charge on any atom is 0.327 e. The van der Waals surface area contributed by atoms with Gasteiger partial charge in [0.1, 0.15) is 11.6 Å². The Bertz CT molecular complexity index is 1150. The van der Waals surface area contributed by atoms with E-state index in [4.69, 9.17) is 23.8 Å². The average molecular weight is 376 g/mol. The molecular formula is C15H10ClN5O3S. The summed E-state index contributed by atoms with van der Waals surface area (Å²) in [5.41, 5.74) is -0.479. The SMILES string of the molecule is O=c1[nH]c2c(c(=O)[nH]1)C(c1ccc(Cl)cc1)c1c([nH]c(=S)[nH]c1=O)N2. The standard InChI is InChI=1S/C15H10ClN5O3S/c16-6-3-1-5(2-4-6)7-8-10(18-14(24)20-12(8)22)17-11-9(7)13(23)21-15(25)19-11/h1-4,7H,(H5,17,18,19,20,21,22,23,24,25). The molecular weight excluding hydrogens is 366 g/mol. The van der Waals surface area contributed by atoms with Gasteiger partial charge in [0.2, 0.25) is 0 Å². The van der Waals surface area contributed by atoms with Gasteiger partial charge in [-0.15, -0.1) is 0 Å². The monoisotopic (exact) mass is 375 g/mol. The third-order valence-electron chi connectivity index (χ3n) is 3.99. The Balaban J connectivity index is 2.11. The minimum atomic E-state index is -0.709. The van der Waals surface area contributed by atoms with E-state index in [1.807, 2.05) is 0 Å². The highest BCUT2D eigenvalue weighted by atomic mass is 35.5. The zero-order valence-electron chi connectivity index (χ0n) is 12.4. The van der Waals surface area contributed by atoms with E-state index >= 15 is 0 Å². The molecule has 0 aliphatic carbocycles. The molecule has 1 aromatic carbocycles. The Morgan fingerprint density at radius 2 is 1.44 bits per heavy atom. The molecule has 2 aromatic heterocycles. The number of fused-ring (bicyclic) bond motifs is 2. The lowest BCUT2D eigenvalue weighted by molar-refractivity contribution is 0.851. The molecule has 4 rings (SSSR count). The number of rotatable bonds is 1. The molecule has 1 atom stereocenters. The fourth-order valence-electron chi connectivity index (χ4n) is 3.00. The van der Waals surface area contributed by atoms with Crippen LogP contribution in [0.25, 0.3) is 0 Å². The summed E-state index contributed by atoms with van der Waals surface area (Å²) >= 11 is 10.9. The minimum absolute atomic E-state index is 0.127. The fourth-order valence-corrected chi connectivity index (χ4v) is 3.32. The van der Waals surface area contributed by atoms with Gasteiger partial charge in [-0.25, -0.2) is 4.79 Å². The second-order valence-corrected chi connectivity index (χ2v) is 6.35. The van der Waals surface area contributed by atoms with Gasteiger partial charge >= 0.3 is 5.69 Å². The van der Waals surface area contributed by atoms with Crippen LogP contribution in [0.15, 0.2) is 38.6 Å². The normalized spacial score (nSPS) is 15.2. The second kappa shape index (κ2) is 5.57. The van der Waals surface area contributed by atoms with E-state index in [0.29, 0.717) is 22.0 Å². The average Bonchev–Trinajstić information content (AvgIpc) is 2.53. The van der Waals surface area contributed by atoms with E-state index in [9.17, 15) is 14.4 Å². The van der Waals surface area contributed by atoms with Crippen molar-refractivity contribution in [1.29, 1.82) is 0 Å². The van der Waals surface area contributed by atoms with E-state index in [0.717, 1.165) is 0 Å². The van der Waals surface area contributed by atoms with E-state index in [2.05, 4.69) is 25.3 Å². The number of halogens is 1. The van der Waals surface area contributed by atoms with Crippen LogP contribution in [0, 0.1) is 4.77 Å². The molecule has 1 aliphatic heterocycles. The summed E-state index contributed by atoms with van der Waals surface area (Å²) < 4.78 is 0.127. The molecule has 0 amide bonds. The highest BCUT2D eigenvalue weighted by Gasteiger charge is 2.33. The topological polar surface area (TPSA) is 126 Å². The number of aromatic amines is 4. The van der Waals surface area contributed by atoms with Gasteiger partial charge in [-0.3, -0.25) is 24.5 Å². The van der Waals surface area contributed by atoms with Crippen LogP contribution in [0.5, 0.6) is 0 Å². The molecule has 1 aliphatic rings. The molecule has 0 saturated carbocycles. The van der Waals surface area contributed by atoms with Gasteiger partial charge in [0.05, 0.1) is 17.0 Å². The number of hydrogen-bond acceptors (Lipinski definition) is 5. The predicted molar refractivity (Wildman–Crippen MR) is 95.6 cm³/mol. The second-order valence-electron chi connectivity index (χ2n) is 5.50. The maximum atomic E-state index is 12.5. The lowest BCUT2D eigenvalue weighted by Crippen LogP contribution is -2.35. The summed E-state index contributed by atoms with van der Waals surface area (Å²) in [7, 11) is 0. The van der Waals surface area contributed by atoms with Crippen LogP contribution in [-0.2, 0) is 0 Å². The van der Waals surface area contributed by atoms with E-state index in [1.165, 1.54) is 0 Å². The molecule has 0 saturated heterocycles. The van der Waals surface area contributed by atoms with Crippen LogP contribution >= 0.6 is 23.8 Å². The molecule has 0 fully saturated rings. The largest absolute Gasteiger partial charge is 0.327 e. The zero-order valence-corrected chi connectivity index (χ0v) is 14.0. The number of aromatic nitrogens is 4. The first-order valence-corrected chi connectivity index (χ1v) is 7.98. The molecule has 0 bridgehead atoms. The summed E-state index contributed by atoms with van der Waals surface area (Å²) in [5.74, 6) is -0.181. The Hall–Kier alpha value is -2.91. The summed E-state index contributed by atoms with van der Waals surface area (Å²) in [6.45, 7) is 0. The quantitative estimate of drug-likeness (QED) is 0.324. The molecule has 3 heterocycles. The fraction of sp³-hybridized carbons (Fsp3) is 0.0667. The first kappa shape index (κ1) is 15.6. The van der Waals surface area contributed by atoms with Crippen molar-refractivity contribution in [1.82, 2.24) is 19.9 Å². The van der Waals surface area contributed by atoms with Crippen molar-refractivity contribution in [3.8, 4) is 0 Å². The molecule has 25 heavy (non-hydrogen) atoms. The Morgan fingerprint density at radius 1 is 0.840 bits per heavy atom. The molecule has 5 N–H and O–H groups in total. The lowest BCUT2D eigenvalue weighted by atomic mass is 9.84. The van der Waals surface area contributed by atoms with E-state index in [-0.39, 0.29) is 16.2 Å². The van der Waals surface area contributed by atoms with Gasteiger partial charge in [-0.1, -0.05) is 23.7 Å². The van der Waals surface area contributed by atoms with Crippen LogP contribution < -0.4 is 22.1 Å². The number of hydrogen-bond donors (Lipinski definition) is 5. The minimum Gasteiger partial charge on any atom is -0.327 e. The number of anilines is 2. The van der Waals surface area contributed by atoms with E-state index < -0.39 is 22.7 Å². The van der Waals surface area contributed by atoms with Crippen LogP contribution in [0.1, 0.15) is 22.6 Å². The van der Waals surface area contributed by atoms with Crippen LogP contribution in [0.4, 0.5) is 11.6 Å². The van der Waals surface area contributed by atoms with Crippen molar-refractivity contribution in [2.24, 2.45) is 0 Å². The Morgan fingerprint density at radius 3 is 2.12 bits per heavy atom. The zero-order chi connectivity index (χ0) is 17.7. The first-order valence-electron chi connectivity index (χ1n) is 7.19. The van der Waals surface area contributed by atoms with Crippen molar-refractivity contribution in [3.05, 3.63) is 81.9 Å². The lowest BCUT2D eigenvalue weighted by Gasteiger charge is -2.27. The van der Waals surface area contributed by atoms with E-state index in [1.54, 1.807) is 24.3 Å². The summed E-state index contributed by atoms with van der Waals surface area (Å²) in [6, 6.07) is 6.77. The van der Waals surface area contributed by atoms with Gasteiger partial charge in [0.25, 0.3) is 11.1 Å². The Kier molecular flexibility index (Phi) is 3.48. The first-order chi connectivity index (χ1) is 11.9. The van der Waals surface area contributed by atoms with Gasteiger partial charge < -0.3 is 10.3 Å². The highest BCUT2D eigenvalue weighted by molar-refractivity contribution is 7.71. The van der Waals surface area contributed by atoms with Gasteiger partial charge in [0.15, 0.2) is 4.77 Å². The molecule has 126 valence electrons. The third-order valence-corrected chi connectivity index (χ3v) is 4.45. The number of nitrogens with one attached hydrogen (secondary N) is 5. The molecule has 8 nitrogen and oxygen atoms in total. The van der Waals surface area contributed by atoms with Crippen molar-refractivity contribution in [2.75, 3.05) is 5.32 Å². The van der Waals surface area contributed by atoms with Gasteiger partial charge in [0, 0.05) is 5.02 Å². The molecule has 0 radical (unpaired) electrons. The van der Waals surface area contributed by atoms with Crippen LogP contribution in [-0.4, -0.2) is 19.9 Å². The third kappa shape index (κ3) is 2.53. The summed E-state index contributed by atoms with van der Waals surface area (Å²) in [5, 5.41) is 3.39. The summed E-state index contributed by atoms with van der Waals surface area (Å²) in [6.07, 6.45) is 0. The molecule has 1 unspecified atom stereocenters. The smallest absolute Gasteiger partial charge is 0.327 e.